The zero-order valence-electron chi connectivity index (χ0n) is 10.9. The Hall–Kier alpha value is -1.13. The second-order valence-electron chi connectivity index (χ2n) is 4.53. The van der Waals surface area contributed by atoms with Gasteiger partial charge in [-0.3, -0.25) is 0 Å². The van der Waals surface area contributed by atoms with Crippen LogP contribution in [0.1, 0.15) is 36.2 Å². The minimum Gasteiger partial charge on any atom is -0.466 e. The molecule has 1 aliphatic rings. The minimum atomic E-state index is -0.253. The molecule has 0 aliphatic heterocycles. The van der Waals surface area contributed by atoms with Gasteiger partial charge in [-0.05, 0) is 43.2 Å². The lowest BCUT2D eigenvalue weighted by Gasteiger charge is -2.23. The maximum Gasteiger partial charge on any atom is 0.333 e. The highest BCUT2D eigenvalue weighted by Gasteiger charge is 2.20. The van der Waals surface area contributed by atoms with Crippen molar-refractivity contribution in [1.29, 1.82) is 0 Å². The van der Waals surface area contributed by atoms with Crippen LogP contribution < -0.4 is 5.32 Å². The van der Waals surface area contributed by atoms with E-state index in [4.69, 9.17) is 0 Å². The molecule has 4 heteroatoms. The Morgan fingerprint density at radius 3 is 3.28 bits per heavy atom. The summed E-state index contributed by atoms with van der Waals surface area (Å²) in [4.78, 5) is 12.7. The van der Waals surface area contributed by atoms with Crippen LogP contribution in [0.3, 0.4) is 0 Å². The van der Waals surface area contributed by atoms with E-state index < -0.39 is 0 Å². The van der Waals surface area contributed by atoms with E-state index in [1.807, 2.05) is 17.4 Å². The smallest absolute Gasteiger partial charge is 0.333 e. The molecule has 18 heavy (non-hydrogen) atoms. The molecule has 0 saturated carbocycles. The fourth-order valence-electron chi connectivity index (χ4n) is 2.30. The molecule has 2 rings (SSSR count). The molecule has 98 valence electrons. The number of ether oxygens (including phenoxy) is 1. The summed E-state index contributed by atoms with van der Waals surface area (Å²) in [6.07, 6.45) is 5.52. The van der Waals surface area contributed by atoms with Crippen LogP contribution in [0.15, 0.2) is 23.1 Å². The van der Waals surface area contributed by atoms with E-state index in [0.29, 0.717) is 18.2 Å². The molecular weight excluding hydrogens is 246 g/mol. The molecule has 1 heterocycles. The average molecular weight is 265 g/mol. The monoisotopic (exact) mass is 265 g/mol. The maximum absolute atomic E-state index is 11.2. The second-order valence-corrected chi connectivity index (χ2v) is 5.53. The van der Waals surface area contributed by atoms with Gasteiger partial charge in [0.15, 0.2) is 0 Å². The molecule has 0 radical (unpaired) electrons. The Kier molecular flexibility index (Phi) is 4.55. The van der Waals surface area contributed by atoms with Gasteiger partial charge in [-0.2, -0.15) is 0 Å². The largest absolute Gasteiger partial charge is 0.466 e. The van der Waals surface area contributed by atoms with Gasteiger partial charge in [0.1, 0.15) is 0 Å². The van der Waals surface area contributed by atoms with Crippen molar-refractivity contribution >= 4 is 17.3 Å². The highest BCUT2D eigenvalue weighted by molar-refractivity contribution is 7.10. The molecule has 1 atom stereocenters. The third-order valence-corrected chi connectivity index (χ3v) is 4.33. The van der Waals surface area contributed by atoms with Gasteiger partial charge >= 0.3 is 5.97 Å². The molecule has 1 aromatic heterocycles. The van der Waals surface area contributed by atoms with Crippen LogP contribution in [0, 0.1) is 0 Å². The summed E-state index contributed by atoms with van der Waals surface area (Å²) in [5, 5.41) is 5.66. The van der Waals surface area contributed by atoms with Crippen LogP contribution in [0.4, 0.5) is 0 Å². The summed E-state index contributed by atoms with van der Waals surface area (Å²) in [6, 6.07) is 2.65. The van der Waals surface area contributed by atoms with Gasteiger partial charge in [0.05, 0.1) is 7.11 Å². The molecule has 3 nitrogen and oxygen atoms in total. The summed E-state index contributed by atoms with van der Waals surface area (Å²) in [6.45, 7) is 2.49. The highest BCUT2D eigenvalue weighted by atomic mass is 32.1. The summed E-state index contributed by atoms with van der Waals surface area (Å²) < 4.78 is 4.67. The Morgan fingerprint density at radius 1 is 1.67 bits per heavy atom. The number of hydrogen-bond acceptors (Lipinski definition) is 4. The lowest BCUT2D eigenvalue weighted by atomic mass is 9.94. The van der Waals surface area contributed by atoms with Gasteiger partial charge in [-0.25, -0.2) is 4.79 Å². The third-order valence-electron chi connectivity index (χ3n) is 3.33. The third kappa shape index (κ3) is 3.00. The van der Waals surface area contributed by atoms with Gasteiger partial charge < -0.3 is 10.1 Å². The highest BCUT2D eigenvalue weighted by Crippen LogP contribution is 2.32. The quantitative estimate of drug-likeness (QED) is 0.672. The summed E-state index contributed by atoms with van der Waals surface area (Å²) in [5.41, 5.74) is 2.10. The molecule has 0 bridgehead atoms. The van der Waals surface area contributed by atoms with Crippen molar-refractivity contribution in [3.05, 3.63) is 33.5 Å². The van der Waals surface area contributed by atoms with Crippen molar-refractivity contribution in [2.24, 2.45) is 0 Å². The molecule has 1 aromatic rings. The van der Waals surface area contributed by atoms with E-state index in [2.05, 4.69) is 21.5 Å². The number of esters is 1. The van der Waals surface area contributed by atoms with Crippen molar-refractivity contribution in [1.82, 2.24) is 5.32 Å². The molecule has 0 saturated heterocycles. The standard InChI is InChI=1S/C14H19NO2S/c1-10(14(16)17-2)6-8-15-12-4-3-5-13-11(12)7-9-18-13/h6-7,9,12,15H,3-5,8H2,1-2H3/b10-6+. The molecular formula is C14H19NO2S. The first-order valence-corrected chi connectivity index (χ1v) is 7.15. The molecule has 1 N–H and O–H groups in total. The van der Waals surface area contributed by atoms with Crippen LogP contribution in [-0.4, -0.2) is 19.6 Å². The SMILES string of the molecule is COC(=O)/C(C)=C/CNC1CCCc2sccc21. The molecule has 0 amide bonds. The maximum atomic E-state index is 11.2. The number of methoxy groups -OCH3 is 1. The Labute approximate surface area is 112 Å². The van der Waals surface area contributed by atoms with E-state index in [1.54, 1.807) is 6.92 Å². The van der Waals surface area contributed by atoms with Crippen LogP contribution in [-0.2, 0) is 16.0 Å². The van der Waals surface area contributed by atoms with Crippen molar-refractivity contribution in [2.75, 3.05) is 13.7 Å². The van der Waals surface area contributed by atoms with Gasteiger partial charge in [-0.1, -0.05) is 6.08 Å². The molecule has 0 spiro atoms. The Balaban J connectivity index is 1.91. The number of rotatable bonds is 4. The summed E-state index contributed by atoms with van der Waals surface area (Å²) >= 11 is 1.85. The normalized spacial score (nSPS) is 19.4. The van der Waals surface area contributed by atoms with Crippen LogP contribution in [0.2, 0.25) is 0 Å². The first kappa shape index (κ1) is 13.3. The van der Waals surface area contributed by atoms with Crippen molar-refractivity contribution < 1.29 is 9.53 Å². The van der Waals surface area contributed by atoms with E-state index >= 15 is 0 Å². The van der Waals surface area contributed by atoms with Gasteiger partial charge in [0, 0.05) is 23.0 Å². The molecule has 0 aromatic carbocycles. The molecule has 0 fully saturated rings. The van der Waals surface area contributed by atoms with Gasteiger partial charge in [0.2, 0.25) is 0 Å². The lowest BCUT2D eigenvalue weighted by Crippen LogP contribution is -2.24. The van der Waals surface area contributed by atoms with Crippen LogP contribution in [0.5, 0.6) is 0 Å². The topological polar surface area (TPSA) is 38.3 Å². The van der Waals surface area contributed by atoms with Crippen LogP contribution >= 0.6 is 11.3 Å². The minimum absolute atomic E-state index is 0.253. The van der Waals surface area contributed by atoms with Crippen molar-refractivity contribution in [3.8, 4) is 0 Å². The van der Waals surface area contributed by atoms with Crippen LogP contribution in [0.25, 0.3) is 0 Å². The first-order valence-electron chi connectivity index (χ1n) is 6.27. The number of thiophene rings is 1. The summed E-state index contributed by atoms with van der Waals surface area (Å²) in [7, 11) is 1.41. The zero-order chi connectivity index (χ0) is 13.0. The average Bonchev–Trinajstić information content (AvgIpc) is 2.86. The Morgan fingerprint density at radius 2 is 2.50 bits per heavy atom. The fraction of sp³-hybridized carbons (Fsp3) is 0.500. The predicted molar refractivity (Wildman–Crippen MR) is 73.8 cm³/mol. The molecule has 1 unspecified atom stereocenters. The number of hydrogen-bond donors (Lipinski definition) is 1. The van der Waals surface area contributed by atoms with E-state index in [9.17, 15) is 4.79 Å². The van der Waals surface area contributed by atoms with Gasteiger partial charge in [0.25, 0.3) is 0 Å². The molecule has 1 aliphatic carbocycles. The predicted octanol–water partition coefficient (Wildman–Crippen LogP) is 2.83. The van der Waals surface area contributed by atoms with Crippen molar-refractivity contribution in [3.63, 3.8) is 0 Å². The van der Waals surface area contributed by atoms with Gasteiger partial charge in [-0.15, -0.1) is 11.3 Å². The number of aryl methyl sites for hydroxylation is 1. The fourth-order valence-corrected chi connectivity index (χ4v) is 3.28. The second kappa shape index (κ2) is 6.16. The number of nitrogens with one attached hydrogen (secondary N) is 1. The number of carbonyl (C=O) groups is 1. The first-order chi connectivity index (χ1) is 8.72. The number of carbonyl (C=O) groups excluding carboxylic acids is 1. The van der Waals surface area contributed by atoms with Crippen molar-refractivity contribution in [2.45, 2.75) is 32.2 Å². The summed E-state index contributed by atoms with van der Waals surface area (Å²) in [5.74, 6) is -0.253. The van der Waals surface area contributed by atoms with E-state index in [0.717, 1.165) is 0 Å². The zero-order valence-corrected chi connectivity index (χ0v) is 11.7. The van der Waals surface area contributed by atoms with E-state index in [-0.39, 0.29) is 5.97 Å². The van der Waals surface area contributed by atoms with E-state index in [1.165, 1.54) is 36.8 Å². The number of fused-ring (bicyclic) bond motifs is 1. The Bertz CT molecular complexity index is 450. The lowest BCUT2D eigenvalue weighted by molar-refractivity contribution is -0.136.